The summed E-state index contributed by atoms with van der Waals surface area (Å²) in [5, 5.41) is 20.1. The molecule has 1 rings (SSSR count). The molecule has 0 spiro atoms. The van der Waals surface area contributed by atoms with Gasteiger partial charge in [-0.2, -0.15) is 13.2 Å². The molecule has 0 heterocycles. The van der Waals surface area contributed by atoms with Crippen molar-refractivity contribution in [3.63, 3.8) is 0 Å². The topological polar surface area (TPSA) is 95.9 Å². The molecule has 0 radical (unpaired) electrons. The van der Waals surface area contributed by atoms with Crippen LogP contribution in [-0.2, 0) is 9.53 Å². The van der Waals surface area contributed by atoms with E-state index < -0.39 is 42.6 Å². The molecular weight excluding hydrogens is 283 g/mol. The van der Waals surface area contributed by atoms with E-state index in [1.807, 2.05) is 0 Å². The summed E-state index contributed by atoms with van der Waals surface area (Å²) in [6.07, 6.45) is -4.53. The van der Waals surface area contributed by atoms with Crippen molar-refractivity contribution >= 4 is 17.6 Å². The van der Waals surface area contributed by atoms with Gasteiger partial charge in [-0.15, -0.1) is 0 Å². The average Bonchev–Trinajstić information content (AvgIpc) is 2.29. The fourth-order valence-electron chi connectivity index (χ4n) is 1.24. The van der Waals surface area contributed by atoms with Gasteiger partial charge in [0.25, 0.3) is 0 Å². The first kappa shape index (κ1) is 15.8. The maximum atomic E-state index is 11.8. The minimum Gasteiger partial charge on any atom is -0.507 e. The maximum absolute atomic E-state index is 11.8. The van der Waals surface area contributed by atoms with Crippen molar-refractivity contribution in [1.29, 1.82) is 0 Å². The second-order valence-electron chi connectivity index (χ2n) is 3.69. The summed E-state index contributed by atoms with van der Waals surface area (Å²) < 4.78 is 39.4. The summed E-state index contributed by atoms with van der Waals surface area (Å²) in [6.45, 7) is -2.39. The lowest BCUT2D eigenvalue weighted by Crippen LogP contribution is -2.24. The number of carboxylic acid groups (broad SMARTS) is 1. The lowest BCUT2D eigenvalue weighted by atomic mass is 10.2. The zero-order valence-corrected chi connectivity index (χ0v) is 9.90. The molecule has 0 saturated carbocycles. The van der Waals surface area contributed by atoms with Crippen molar-refractivity contribution in [2.45, 2.75) is 6.18 Å². The predicted octanol–water partition coefficient (Wildman–Crippen LogP) is 1.61. The number of aromatic hydroxyl groups is 1. The Morgan fingerprint density at radius 2 is 1.95 bits per heavy atom. The minimum absolute atomic E-state index is 0.0146. The van der Waals surface area contributed by atoms with Gasteiger partial charge in [-0.05, 0) is 18.2 Å². The first-order valence-corrected chi connectivity index (χ1v) is 5.19. The number of ether oxygens (including phenoxy) is 1. The van der Waals surface area contributed by atoms with Gasteiger partial charge in [0, 0.05) is 5.69 Å². The highest BCUT2D eigenvalue weighted by Gasteiger charge is 2.27. The highest BCUT2D eigenvalue weighted by molar-refractivity contribution is 5.95. The van der Waals surface area contributed by atoms with E-state index in [1.165, 1.54) is 6.07 Å². The van der Waals surface area contributed by atoms with Crippen LogP contribution in [0.25, 0.3) is 0 Å². The fourth-order valence-corrected chi connectivity index (χ4v) is 1.24. The minimum atomic E-state index is -4.53. The number of halogens is 3. The largest absolute Gasteiger partial charge is 0.507 e. The lowest BCUT2D eigenvalue weighted by Gasteiger charge is -2.09. The molecule has 1 amide bonds. The molecule has 110 valence electrons. The van der Waals surface area contributed by atoms with E-state index in [2.05, 4.69) is 10.1 Å². The number of hydrogen-bond donors (Lipinski definition) is 3. The first-order valence-electron chi connectivity index (χ1n) is 5.19. The molecule has 0 aliphatic rings. The van der Waals surface area contributed by atoms with E-state index >= 15 is 0 Å². The van der Waals surface area contributed by atoms with Gasteiger partial charge in [0.2, 0.25) is 5.91 Å². The first-order chi connectivity index (χ1) is 9.19. The Labute approximate surface area is 110 Å². The SMILES string of the molecule is O=C(COCC(F)(F)F)Nc1ccc(O)c(C(=O)O)c1. The second-order valence-corrected chi connectivity index (χ2v) is 3.69. The summed E-state index contributed by atoms with van der Waals surface area (Å²) in [6, 6.07) is 3.21. The molecule has 3 N–H and O–H groups in total. The van der Waals surface area contributed by atoms with Gasteiger partial charge in [0.1, 0.15) is 24.5 Å². The average molecular weight is 293 g/mol. The number of benzene rings is 1. The highest BCUT2D eigenvalue weighted by Crippen LogP contribution is 2.21. The maximum Gasteiger partial charge on any atom is 0.411 e. The second kappa shape index (κ2) is 6.24. The third-order valence-corrected chi connectivity index (χ3v) is 2.01. The molecule has 20 heavy (non-hydrogen) atoms. The summed E-state index contributed by atoms with van der Waals surface area (Å²) in [4.78, 5) is 22.0. The number of aromatic carboxylic acids is 1. The molecule has 0 bridgehead atoms. The number of nitrogens with one attached hydrogen (secondary N) is 1. The Bertz CT molecular complexity index is 515. The third kappa shape index (κ3) is 5.14. The number of alkyl halides is 3. The molecule has 0 saturated heterocycles. The van der Waals surface area contributed by atoms with E-state index in [1.54, 1.807) is 0 Å². The Hall–Kier alpha value is -2.29. The number of anilines is 1. The molecule has 1 aromatic rings. The van der Waals surface area contributed by atoms with Crippen LogP contribution in [0.5, 0.6) is 5.75 Å². The number of hydrogen-bond acceptors (Lipinski definition) is 4. The van der Waals surface area contributed by atoms with Gasteiger partial charge in [-0.1, -0.05) is 0 Å². The monoisotopic (exact) mass is 293 g/mol. The normalized spacial score (nSPS) is 11.2. The molecule has 6 nitrogen and oxygen atoms in total. The summed E-state index contributed by atoms with van der Waals surface area (Å²) in [5.74, 6) is -2.79. The number of carbonyl (C=O) groups is 2. The van der Waals surface area contributed by atoms with Gasteiger partial charge in [0.05, 0.1) is 0 Å². The van der Waals surface area contributed by atoms with Crippen molar-refractivity contribution in [2.75, 3.05) is 18.5 Å². The van der Waals surface area contributed by atoms with E-state index in [9.17, 15) is 27.9 Å². The van der Waals surface area contributed by atoms with E-state index in [-0.39, 0.29) is 5.69 Å². The molecular formula is C11H10F3NO5. The van der Waals surface area contributed by atoms with Crippen molar-refractivity contribution in [3.8, 4) is 5.75 Å². The summed E-state index contributed by atoms with van der Waals surface area (Å²) in [5.41, 5.74) is -0.431. The van der Waals surface area contributed by atoms with Gasteiger partial charge in [0.15, 0.2) is 0 Å². The summed E-state index contributed by atoms with van der Waals surface area (Å²) in [7, 11) is 0. The zero-order chi connectivity index (χ0) is 15.3. The number of rotatable bonds is 5. The van der Waals surface area contributed by atoms with Crippen molar-refractivity contribution in [3.05, 3.63) is 23.8 Å². The molecule has 0 aromatic heterocycles. The molecule has 0 fully saturated rings. The van der Waals surface area contributed by atoms with Crippen LogP contribution in [0.3, 0.4) is 0 Å². The molecule has 0 unspecified atom stereocenters. The van der Waals surface area contributed by atoms with Crippen LogP contribution in [0.2, 0.25) is 0 Å². The highest BCUT2D eigenvalue weighted by atomic mass is 19.4. The van der Waals surface area contributed by atoms with Crippen LogP contribution in [0.1, 0.15) is 10.4 Å². The van der Waals surface area contributed by atoms with Gasteiger partial charge >= 0.3 is 12.1 Å². The van der Waals surface area contributed by atoms with Crippen LogP contribution in [0, 0.1) is 0 Å². The van der Waals surface area contributed by atoms with Gasteiger partial charge in [-0.3, -0.25) is 4.79 Å². The number of carboxylic acids is 1. The van der Waals surface area contributed by atoms with E-state index in [4.69, 9.17) is 5.11 Å². The quantitative estimate of drug-likeness (QED) is 0.717. The van der Waals surface area contributed by atoms with Crippen LogP contribution in [0.4, 0.5) is 18.9 Å². The predicted molar refractivity (Wildman–Crippen MR) is 60.6 cm³/mol. The Morgan fingerprint density at radius 1 is 1.30 bits per heavy atom. The number of phenols is 1. The zero-order valence-electron chi connectivity index (χ0n) is 9.90. The van der Waals surface area contributed by atoms with Crippen LogP contribution < -0.4 is 5.32 Å². The third-order valence-electron chi connectivity index (χ3n) is 2.01. The van der Waals surface area contributed by atoms with Crippen molar-refractivity contribution in [1.82, 2.24) is 0 Å². The van der Waals surface area contributed by atoms with E-state index in [0.29, 0.717) is 0 Å². The molecule has 9 heteroatoms. The van der Waals surface area contributed by atoms with E-state index in [0.717, 1.165) is 12.1 Å². The van der Waals surface area contributed by atoms with Crippen molar-refractivity contribution in [2.24, 2.45) is 0 Å². The molecule has 1 aromatic carbocycles. The Kier molecular flexibility index (Phi) is 4.92. The van der Waals surface area contributed by atoms with Gasteiger partial charge in [-0.25, -0.2) is 4.79 Å². The lowest BCUT2D eigenvalue weighted by molar-refractivity contribution is -0.174. The smallest absolute Gasteiger partial charge is 0.411 e. The van der Waals surface area contributed by atoms with Crippen LogP contribution in [0.15, 0.2) is 18.2 Å². The fraction of sp³-hybridized carbons (Fsp3) is 0.273. The summed E-state index contributed by atoms with van der Waals surface area (Å²) >= 11 is 0. The molecule has 0 aliphatic carbocycles. The molecule has 0 atom stereocenters. The standard InChI is InChI=1S/C11H10F3NO5/c12-11(13,14)5-20-4-9(17)15-6-1-2-8(16)7(3-6)10(18)19/h1-3,16H,4-5H2,(H,15,17)(H,18,19). The Balaban J connectivity index is 2.58. The van der Waals surface area contributed by atoms with Gasteiger partial charge < -0.3 is 20.3 Å². The Morgan fingerprint density at radius 3 is 2.50 bits per heavy atom. The number of amides is 1. The van der Waals surface area contributed by atoms with Crippen LogP contribution in [-0.4, -0.2) is 41.5 Å². The van der Waals surface area contributed by atoms with Crippen LogP contribution >= 0.6 is 0 Å². The van der Waals surface area contributed by atoms with Crippen molar-refractivity contribution < 1.29 is 37.7 Å². The molecule has 0 aliphatic heterocycles. The number of carbonyl (C=O) groups excluding carboxylic acids is 1.